The van der Waals surface area contributed by atoms with E-state index < -0.39 is 23.4 Å². The fourth-order valence-corrected chi connectivity index (χ4v) is 3.78. The molecule has 4 aromatic rings. The monoisotopic (exact) mass is 551 g/mol. The van der Waals surface area contributed by atoms with Gasteiger partial charge in [-0.3, -0.25) is 18.5 Å². The van der Waals surface area contributed by atoms with E-state index in [1.807, 2.05) is 0 Å². The molecule has 3 heterocycles. The Hall–Kier alpha value is -4.26. The predicted octanol–water partition coefficient (Wildman–Crippen LogP) is 4.36. The van der Waals surface area contributed by atoms with Crippen LogP contribution in [0, 0.1) is 0 Å². The molecule has 0 radical (unpaired) electrons. The van der Waals surface area contributed by atoms with Crippen molar-refractivity contribution >= 4 is 22.8 Å². The van der Waals surface area contributed by atoms with Crippen LogP contribution in [0.1, 0.15) is 25.2 Å². The lowest BCUT2D eigenvalue weighted by atomic mass is 10.2. The van der Waals surface area contributed by atoms with Crippen molar-refractivity contribution in [1.29, 1.82) is 0 Å². The van der Waals surface area contributed by atoms with Crippen LogP contribution in [0.25, 0.3) is 11.2 Å². The first-order valence-corrected chi connectivity index (χ1v) is 11.5. The number of ether oxygens (including phenoxy) is 2. The van der Waals surface area contributed by atoms with Crippen molar-refractivity contribution < 1.29 is 27.2 Å². The second kappa shape index (κ2) is 10.6. The van der Waals surface area contributed by atoms with Crippen LogP contribution < -0.4 is 16.0 Å². The van der Waals surface area contributed by atoms with Gasteiger partial charge in [0.15, 0.2) is 16.9 Å². The number of halogens is 4. The zero-order valence-corrected chi connectivity index (χ0v) is 21.1. The molecule has 3 aromatic heterocycles. The standard InChI is InChI=1S/C24H21ClF3N5O5/c1-4-17(11-14(2)37-24(26,27)28)36-22-30-20-19(32(22)12-15-5-7-16(25)8-6-15)21(34)33(23(35)31(20)3)13-18-9-10-29-38-18/h4-11H,12-13H2,1-3H3/b14-11+,17-4+. The number of imidazole rings is 1. The quantitative estimate of drug-likeness (QED) is 0.237. The highest BCUT2D eigenvalue weighted by molar-refractivity contribution is 6.30. The van der Waals surface area contributed by atoms with Gasteiger partial charge in [0.1, 0.15) is 11.5 Å². The molecule has 10 nitrogen and oxygen atoms in total. The van der Waals surface area contributed by atoms with Gasteiger partial charge in [-0.1, -0.05) is 28.9 Å². The lowest BCUT2D eigenvalue weighted by Gasteiger charge is -2.13. The number of alkyl halides is 3. The molecule has 38 heavy (non-hydrogen) atoms. The molecule has 0 aliphatic carbocycles. The molecule has 0 N–H and O–H groups in total. The Morgan fingerprint density at radius 3 is 2.45 bits per heavy atom. The summed E-state index contributed by atoms with van der Waals surface area (Å²) in [6.07, 6.45) is -1.07. The van der Waals surface area contributed by atoms with Crippen molar-refractivity contribution in [2.24, 2.45) is 7.05 Å². The van der Waals surface area contributed by atoms with Crippen LogP contribution in [0.3, 0.4) is 0 Å². The summed E-state index contributed by atoms with van der Waals surface area (Å²) in [5.74, 6) is -0.232. The van der Waals surface area contributed by atoms with Gasteiger partial charge >= 0.3 is 18.1 Å². The third-order valence-corrected chi connectivity index (χ3v) is 5.62. The summed E-state index contributed by atoms with van der Waals surface area (Å²) in [7, 11) is 1.43. The Morgan fingerprint density at radius 2 is 1.84 bits per heavy atom. The maximum Gasteiger partial charge on any atom is 0.572 e. The Labute approximate surface area is 217 Å². The van der Waals surface area contributed by atoms with Crippen molar-refractivity contribution in [1.82, 2.24) is 23.8 Å². The summed E-state index contributed by atoms with van der Waals surface area (Å²) in [5, 5.41) is 4.09. The van der Waals surface area contributed by atoms with Gasteiger partial charge in [-0.05, 0) is 37.6 Å². The van der Waals surface area contributed by atoms with Crippen LogP contribution in [-0.2, 0) is 24.9 Å². The molecule has 0 spiro atoms. The maximum absolute atomic E-state index is 13.6. The van der Waals surface area contributed by atoms with Gasteiger partial charge in [-0.15, -0.1) is 13.2 Å². The van der Waals surface area contributed by atoms with E-state index in [9.17, 15) is 22.8 Å². The second-order valence-electron chi connectivity index (χ2n) is 8.09. The third kappa shape index (κ3) is 5.83. The molecule has 0 saturated heterocycles. The van der Waals surface area contributed by atoms with Crippen molar-refractivity contribution in [3.05, 3.63) is 97.4 Å². The number of allylic oxidation sites excluding steroid dienone is 3. The average Bonchev–Trinajstić information content (AvgIpc) is 3.48. The molecule has 0 amide bonds. The van der Waals surface area contributed by atoms with Gasteiger partial charge in [0.2, 0.25) is 0 Å². The van der Waals surface area contributed by atoms with E-state index in [0.29, 0.717) is 10.6 Å². The molecule has 0 atom stereocenters. The van der Waals surface area contributed by atoms with Crippen LogP contribution in [0.15, 0.2) is 74.3 Å². The number of hydrogen-bond donors (Lipinski definition) is 0. The average molecular weight is 552 g/mol. The minimum atomic E-state index is -4.88. The smallest absolute Gasteiger partial charge is 0.426 e. The number of aromatic nitrogens is 5. The van der Waals surface area contributed by atoms with Crippen molar-refractivity contribution in [2.75, 3.05) is 0 Å². The van der Waals surface area contributed by atoms with Crippen molar-refractivity contribution in [3.63, 3.8) is 0 Å². The summed E-state index contributed by atoms with van der Waals surface area (Å²) in [4.78, 5) is 30.9. The highest BCUT2D eigenvalue weighted by atomic mass is 35.5. The summed E-state index contributed by atoms with van der Waals surface area (Å²) in [6, 6.07) is 8.16. The fraction of sp³-hybridized carbons (Fsp3) is 0.250. The first-order chi connectivity index (χ1) is 18.0. The molecular formula is C24H21ClF3N5O5. The van der Waals surface area contributed by atoms with E-state index in [2.05, 4.69) is 14.9 Å². The minimum absolute atomic E-state index is 0.0143. The first kappa shape index (κ1) is 26.8. The normalized spacial score (nSPS) is 12.8. The molecule has 4 rings (SSSR count). The van der Waals surface area contributed by atoms with Gasteiger partial charge in [0.05, 0.1) is 19.3 Å². The molecule has 1 aromatic carbocycles. The second-order valence-corrected chi connectivity index (χ2v) is 8.52. The van der Waals surface area contributed by atoms with E-state index in [1.54, 1.807) is 31.2 Å². The van der Waals surface area contributed by atoms with Crippen LogP contribution in [-0.4, -0.2) is 30.2 Å². The van der Waals surface area contributed by atoms with E-state index >= 15 is 0 Å². The molecule has 0 aliphatic rings. The van der Waals surface area contributed by atoms with Crippen molar-refractivity contribution in [3.8, 4) is 6.01 Å². The number of rotatable bonds is 8. The molecule has 0 fully saturated rings. The van der Waals surface area contributed by atoms with Crippen LogP contribution in [0.4, 0.5) is 13.2 Å². The number of fused-ring (bicyclic) bond motifs is 1. The largest absolute Gasteiger partial charge is 0.572 e. The molecule has 0 aliphatic heterocycles. The first-order valence-electron chi connectivity index (χ1n) is 11.1. The summed E-state index contributed by atoms with van der Waals surface area (Å²) in [6.45, 7) is 2.54. The lowest BCUT2D eigenvalue weighted by Crippen LogP contribution is -2.39. The van der Waals surface area contributed by atoms with Crippen molar-refractivity contribution in [2.45, 2.75) is 33.3 Å². The van der Waals surface area contributed by atoms with Gasteiger partial charge in [-0.25, -0.2) is 4.79 Å². The Bertz CT molecular complexity index is 1630. The zero-order valence-electron chi connectivity index (χ0n) is 20.3. The Morgan fingerprint density at radius 1 is 1.13 bits per heavy atom. The molecule has 0 bridgehead atoms. The topological polar surface area (TPSA) is 106 Å². The van der Waals surface area contributed by atoms with Crippen LogP contribution in [0.5, 0.6) is 6.01 Å². The van der Waals surface area contributed by atoms with Gasteiger partial charge < -0.3 is 14.0 Å². The summed E-state index contributed by atoms with van der Waals surface area (Å²) in [5.41, 5.74) is -0.588. The van der Waals surface area contributed by atoms with Crippen LogP contribution >= 0.6 is 11.6 Å². The molecule has 0 unspecified atom stereocenters. The Balaban J connectivity index is 1.87. The Kier molecular flexibility index (Phi) is 7.49. The van der Waals surface area contributed by atoms with E-state index in [1.165, 1.54) is 34.5 Å². The SMILES string of the molecule is C/C=C(\C=C(/C)OC(F)(F)F)Oc1nc2c(c(=O)n(Cc3ccno3)c(=O)n2C)n1Cc1ccc(Cl)cc1. The van der Waals surface area contributed by atoms with Crippen LogP contribution in [0.2, 0.25) is 5.02 Å². The van der Waals surface area contributed by atoms with E-state index in [0.717, 1.165) is 17.6 Å². The van der Waals surface area contributed by atoms with Gasteiger partial charge in [0, 0.05) is 24.2 Å². The number of nitrogens with zero attached hydrogens (tertiary/aromatic N) is 5. The van der Waals surface area contributed by atoms with E-state index in [4.69, 9.17) is 20.9 Å². The molecule has 14 heteroatoms. The molecular weight excluding hydrogens is 531 g/mol. The molecule has 200 valence electrons. The van der Waals surface area contributed by atoms with Gasteiger partial charge in [-0.2, -0.15) is 4.98 Å². The highest BCUT2D eigenvalue weighted by Gasteiger charge is 2.31. The van der Waals surface area contributed by atoms with Gasteiger partial charge in [0.25, 0.3) is 5.56 Å². The third-order valence-electron chi connectivity index (χ3n) is 5.37. The minimum Gasteiger partial charge on any atom is -0.426 e. The summed E-state index contributed by atoms with van der Waals surface area (Å²) >= 11 is 6.00. The number of benzene rings is 1. The summed E-state index contributed by atoms with van der Waals surface area (Å²) < 4.78 is 56.2. The predicted molar refractivity (Wildman–Crippen MR) is 131 cm³/mol. The molecule has 0 saturated carbocycles. The van der Waals surface area contributed by atoms with E-state index in [-0.39, 0.29) is 41.8 Å². The number of hydrogen-bond acceptors (Lipinski definition) is 7. The number of aryl methyl sites for hydroxylation is 1. The maximum atomic E-state index is 13.6. The highest BCUT2D eigenvalue weighted by Crippen LogP contribution is 2.25. The lowest BCUT2D eigenvalue weighted by molar-refractivity contribution is -0.305. The fourth-order valence-electron chi connectivity index (χ4n) is 3.66. The zero-order chi connectivity index (χ0) is 27.6.